The fourth-order valence-electron chi connectivity index (χ4n) is 5.68. The Morgan fingerprint density at radius 1 is 1.02 bits per heavy atom. The van der Waals surface area contributed by atoms with Gasteiger partial charge in [0.25, 0.3) is 0 Å². The van der Waals surface area contributed by atoms with Crippen molar-refractivity contribution < 1.29 is 27.7 Å². The van der Waals surface area contributed by atoms with Crippen molar-refractivity contribution in [3.05, 3.63) is 35.3 Å². The highest BCUT2D eigenvalue weighted by atomic mass is 32.2. The summed E-state index contributed by atoms with van der Waals surface area (Å²) in [5.74, 6) is 1.14. The SMILES string of the molecule is O=C(CCCCCn1cc2c(-c3nc(N4CCOCC4)c4sc(CN5CCN(S(=O)(=O)O)CC5)cc4n3)cccc2n1)NO. The maximum Gasteiger partial charge on any atom is 0.335 e. The monoisotopic (exact) mass is 644 g/mol. The van der Waals surface area contributed by atoms with E-state index in [1.807, 2.05) is 29.1 Å². The first kappa shape index (κ1) is 30.8. The number of rotatable bonds is 11. The number of carbonyl (C=O) groups is 1. The predicted octanol–water partition coefficient (Wildman–Crippen LogP) is 2.53. The topological polar surface area (TPSA) is 166 Å². The van der Waals surface area contributed by atoms with E-state index < -0.39 is 10.3 Å². The summed E-state index contributed by atoms with van der Waals surface area (Å²) in [7, 11) is -4.17. The van der Waals surface area contributed by atoms with Crippen LogP contribution in [0.1, 0.15) is 30.6 Å². The van der Waals surface area contributed by atoms with Crippen LogP contribution in [-0.2, 0) is 32.9 Å². The zero-order chi connectivity index (χ0) is 30.7. The van der Waals surface area contributed by atoms with Gasteiger partial charge in [0, 0.05) is 80.8 Å². The third kappa shape index (κ3) is 7.01. The maximum atomic E-state index is 11.5. The van der Waals surface area contributed by atoms with Crippen molar-refractivity contribution in [1.82, 2.24) is 34.4 Å². The van der Waals surface area contributed by atoms with Crippen LogP contribution in [0.2, 0.25) is 0 Å². The van der Waals surface area contributed by atoms with Gasteiger partial charge in [-0.3, -0.25) is 24.1 Å². The van der Waals surface area contributed by atoms with Crippen molar-refractivity contribution in [2.24, 2.45) is 0 Å². The minimum Gasteiger partial charge on any atom is -0.378 e. The zero-order valence-electron chi connectivity index (χ0n) is 24.3. The number of fused-ring (bicyclic) bond motifs is 2. The van der Waals surface area contributed by atoms with Gasteiger partial charge in [-0.1, -0.05) is 18.6 Å². The van der Waals surface area contributed by atoms with Crippen LogP contribution >= 0.6 is 11.3 Å². The summed E-state index contributed by atoms with van der Waals surface area (Å²) in [6.45, 7) is 5.67. The number of unbranched alkanes of at least 4 members (excludes halogenated alkanes) is 2. The van der Waals surface area contributed by atoms with Crippen molar-refractivity contribution in [2.75, 3.05) is 57.4 Å². The minimum absolute atomic E-state index is 0.255. The van der Waals surface area contributed by atoms with E-state index >= 15 is 0 Å². The minimum atomic E-state index is -4.17. The highest BCUT2D eigenvalue weighted by molar-refractivity contribution is 7.83. The molecule has 5 heterocycles. The van der Waals surface area contributed by atoms with Crippen LogP contribution in [0.15, 0.2) is 30.5 Å². The van der Waals surface area contributed by atoms with Crippen LogP contribution in [0.25, 0.3) is 32.5 Å². The quantitative estimate of drug-likeness (QED) is 0.0951. The van der Waals surface area contributed by atoms with E-state index in [9.17, 15) is 17.8 Å². The molecule has 2 fully saturated rings. The van der Waals surface area contributed by atoms with E-state index in [2.05, 4.69) is 15.9 Å². The Morgan fingerprint density at radius 2 is 1.82 bits per heavy atom. The summed E-state index contributed by atoms with van der Waals surface area (Å²) in [5, 5.41) is 14.4. The molecule has 14 nitrogen and oxygen atoms in total. The molecule has 2 aliphatic rings. The van der Waals surface area contributed by atoms with Crippen LogP contribution < -0.4 is 10.4 Å². The average molecular weight is 645 g/mol. The fourth-order valence-corrected chi connectivity index (χ4v) is 7.46. The number of carbonyl (C=O) groups excluding carboxylic acids is 1. The van der Waals surface area contributed by atoms with E-state index in [0.717, 1.165) is 67.6 Å². The number of thiophene rings is 1. The van der Waals surface area contributed by atoms with Gasteiger partial charge in [0.2, 0.25) is 5.91 Å². The number of anilines is 1. The van der Waals surface area contributed by atoms with Gasteiger partial charge in [0.1, 0.15) is 0 Å². The Kier molecular flexibility index (Phi) is 9.37. The highest BCUT2D eigenvalue weighted by Crippen LogP contribution is 2.36. The van der Waals surface area contributed by atoms with Gasteiger partial charge in [-0.05, 0) is 25.0 Å². The number of morpholine rings is 1. The number of nitrogens with zero attached hydrogens (tertiary/aromatic N) is 7. The number of piperazine rings is 1. The predicted molar refractivity (Wildman–Crippen MR) is 166 cm³/mol. The molecule has 1 amide bonds. The number of hydroxylamine groups is 1. The molecule has 0 saturated carbocycles. The van der Waals surface area contributed by atoms with E-state index in [4.69, 9.17) is 25.0 Å². The molecule has 236 valence electrons. The molecule has 0 aliphatic carbocycles. The number of ether oxygens (including phenoxy) is 1. The molecule has 4 aromatic rings. The van der Waals surface area contributed by atoms with Crippen LogP contribution in [0.3, 0.4) is 0 Å². The first-order valence-electron chi connectivity index (χ1n) is 14.8. The van der Waals surface area contributed by atoms with Gasteiger partial charge in [-0.25, -0.2) is 15.4 Å². The first-order chi connectivity index (χ1) is 21.3. The normalized spacial score (nSPS) is 17.1. The number of amides is 1. The van der Waals surface area contributed by atoms with Gasteiger partial charge in [0.05, 0.1) is 28.9 Å². The molecule has 44 heavy (non-hydrogen) atoms. The van der Waals surface area contributed by atoms with Crippen molar-refractivity contribution in [2.45, 2.75) is 38.8 Å². The molecule has 2 saturated heterocycles. The van der Waals surface area contributed by atoms with Gasteiger partial charge in [-0.2, -0.15) is 17.8 Å². The number of aryl methyl sites for hydroxylation is 1. The van der Waals surface area contributed by atoms with Crippen LogP contribution in [0, 0.1) is 0 Å². The lowest BCUT2D eigenvalue weighted by Crippen LogP contribution is -2.47. The van der Waals surface area contributed by atoms with Crippen molar-refractivity contribution in [3.8, 4) is 11.4 Å². The molecule has 3 N–H and O–H groups in total. The third-order valence-electron chi connectivity index (χ3n) is 8.01. The molecule has 6 rings (SSSR count). The van der Waals surface area contributed by atoms with Gasteiger partial charge < -0.3 is 9.64 Å². The zero-order valence-corrected chi connectivity index (χ0v) is 25.9. The smallest absolute Gasteiger partial charge is 0.335 e. The number of hydrogen-bond donors (Lipinski definition) is 3. The lowest BCUT2D eigenvalue weighted by Gasteiger charge is -2.32. The standard InChI is InChI=1S/C28H36N8O6S2/c37-25(32-38)7-2-1-3-8-35-19-22-21(5-4-6-23(22)31-35)27-29-24-17-20(18-33-9-11-36(12-10-33)44(39,40)41)43-26(24)28(30-27)34-13-15-42-16-14-34/h4-6,17,19,38H,1-3,7-16,18H2,(H,32,37)(H,39,40,41). The second kappa shape index (κ2) is 13.4. The first-order valence-corrected chi connectivity index (χ1v) is 17.0. The Bertz CT molecular complexity index is 1730. The summed E-state index contributed by atoms with van der Waals surface area (Å²) in [5.41, 5.74) is 4.29. The summed E-state index contributed by atoms with van der Waals surface area (Å²) in [6.07, 6.45) is 4.71. The molecule has 16 heteroatoms. The number of benzene rings is 1. The molecule has 0 radical (unpaired) electrons. The molecule has 0 bridgehead atoms. The fraction of sp³-hybridized carbons (Fsp3) is 0.500. The van der Waals surface area contributed by atoms with Gasteiger partial charge >= 0.3 is 10.3 Å². The summed E-state index contributed by atoms with van der Waals surface area (Å²) >= 11 is 1.66. The van der Waals surface area contributed by atoms with Crippen LogP contribution in [-0.4, -0.2) is 106 Å². The second-order valence-electron chi connectivity index (χ2n) is 11.0. The summed E-state index contributed by atoms with van der Waals surface area (Å²) < 4.78 is 42.0. The molecule has 0 unspecified atom stereocenters. The van der Waals surface area contributed by atoms with E-state index in [1.165, 1.54) is 0 Å². The van der Waals surface area contributed by atoms with E-state index in [0.29, 0.717) is 58.1 Å². The molecule has 2 aliphatic heterocycles. The van der Waals surface area contributed by atoms with Crippen molar-refractivity contribution >= 4 is 54.5 Å². The van der Waals surface area contributed by atoms with Crippen LogP contribution in [0.4, 0.5) is 5.82 Å². The van der Waals surface area contributed by atoms with Gasteiger partial charge in [0.15, 0.2) is 11.6 Å². The number of hydrogen-bond acceptors (Lipinski definition) is 11. The summed E-state index contributed by atoms with van der Waals surface area (Å²) in [6, 6.07) is 8.07. The third-order valence-corrected chi connectivity index (χ3v) is 10.1. The van der Waals surface area contributed by atoms with Crippen LogP contribution in [0.5, 0.6) is 0 Å². The maximum absolute atomic E-state index is 11.5. The van der Waals surface area contributed by atoms with E-state index in [-0.39, 0.29) is 19.0 Å². The average Bonchev–Trinajstić information content (AvgIpc) is 3.63. The number of aromatic nitrogens is 4. The highest BCUT2D eigenvalue weighted by Gasteiger charge is 2.26. The molecule has 0 spiro atoms. The molecule has 1 aromatic carbocycles. The Morgan fingerprint density at radius 3 is 2.57 bits per heavy atom. The largest absolute Gasteiger partial charge is 0.378 e. The number of nitrogens with one attached hydrogen (secondary N) is 1. The van der Waals surface area contributed by atoms with Crippen molar-refractivity contribution in [3.63, 3.8) is 0 Å². The lowest BCUT2D eigenvalue weighted by atomic mass is 10.1. The molecular weight excluding hydrogens is 608 g/mol. The Labute approximate surface area is 259 Å². The lowest BCUT2D eigenvalue weighted by molar-refractivity contribution is -0.129. The van der Waals surface area contributed by atoms with E-state index in [1.54, 1.807) is 16.8 Å². The molecule has 0 atom stereocenters. The molecular formula is C28H36N8O6S2. The van der Waals surface area contributed by atoms with Crippen molar-refractivity contribution in [1.29, 1.82) is 0 Å². The Hall–Kier alpha value is -3.25. The summed E-state index contributed by atoms with van der Waals surface area (Å²) in [4.78, 5) is 27.0. The second-order valence-corrected chi connectivity index (χ2v) is 13.6. The Balaban J connectivity index is 1.26. The van der Waals surface area contributed by atoms with Gasteiger partial charge in [-0.15, -0.1) is 11.3 Å². The molecule has 3 aromatic heterocycles.